The lowest BCUT2D eigenvalue weighted by molar-refractivity contribution is -0.114. The van der Waals surface area contributed by atoms with Crippen LogP contribution in [0.1, 0.15) is 6.92 Å². The Bertz CT molecular complexity index is 965. The molecular formula is C14H10Cl3N5O2. The zero-order valence-corrected chi connectivity index (χ0v) is 14.4. The van der Waals surface area contributed by atoms with Gasteiger partial charge in [0.15, 0.2) is 0 Å². The summed E-state index contributed by atoms with van der Waals surface area (Å²) < 4.78 is 1.20. The summed E-state index contributed by atoms with van der Waals surface area (Å²) >= 11 is 18.2. The smallest absolute Gasteiger partial charge is 0.271 e. The van der Waals surface area contributed by atoms with E-state index in [1.165, 1.54) is 36.0 Å². The number of nitrogens with zero attached hydrogens (tertiary/aromatic N) is 2. The number of H-pyrrole nitrogens is 2. The van der Waals surface area contributed by atoms with Crippen LogP contribution in [0.2, 0.25) is 15.1 Å². The quantitative estimate of drug-likeness (QED) is 0.643. The normalized spacial score (nSPS) is 10.8. The summed E-state index contributed by atoms with van der Waals surface area (Å²) in [6.45, 7) is 1.37. The van der Waals surface area contributed by atoms with Gasteiger partial charge in [0.25, 0.3) is 5.56 Å². The lowest BCUT2D eigenvalue weighted by Gasteiger charge is -2.08. The van der Waals surface area contributed by atoms with Crippen LogP contribution in [0.15, 0.2) is 29.2 Å². The average Bonchev–Trinajstić information content (AvgIpc) is 3.04. The Morgan fingerprint density at radius 1 is 1.21 bits per heavy atom. The van der Waals surface area contributed by atoms with Crippen molar-refractivity contribution in [2.24, 2.45) is 0 Å². The van der Waals surface area contributed by atoms with E-state index in [0.717, 1.165) is 0 Å². The molecule has 1 amide bonds. The first-order valence-corrected chi connectivity index (χ1v) is 7.78. The number of carbonyl (C=O) groups excluding carboxylic acids is 1. The highest BCUT2D eigenvalue weighted by atomic mass is 35.5. The Hall–Kier alpha value is -2.22. The minimum Gasteiger partial charge on any atom is -0.311 e. The molecule has 3 N–H and O–H groups in total. The van der Waals surface area contributed by atoms with Crippen molar-refractivity contribution in [3.63, 3.8) is 0 Å². The van der Waals surface area contributed by atoms with Gasteiger partial charge in [-0.05, 0) is 12.1 Å². The van der Waals surface area contributed by atoms with Gasteiger partial charge in [-0.15, -0.1) is 0 Å². The average molecular weight is 387 g/mol. The Labute approximate surface area is 150 Å². The van der Waals surface area contributed by atoms with Crippen LogP contribution in [-0.2, 0) is 4.79 Å². The van der Waals surface area contributed by atoms with E-state index < -0.39 is 0 Å². The van der Waals surface area contributed by atoms with Crippen LogP contribution < -0.4 is 10.9 Å². The van der Waals surface area contributed by atoms with Crippen molar-refractivity contribution in [3.05, 3.63) is 49.8 Å². The highest BCUT2D eigenvalue weighted by Gasteiger charge is 2.17. The Morgan fingerprint density at radius 3 is 2.50 bits per heavy atom. The first kappa shape index (κ1) is 16.6. The van der Waals surface area contributed by atoms with Gasteiger partial charge in [-0.3, -0.25) is 19.8 Å². The number of rotatable bonds is 3. The van der Waals surface area contributed by atoms with Crippen molar-refractivity contribution in [1.82, 2.24) is 20.0 Å². The molecule has 10 heteroatoms. The van der Waals surface area contributed by atoms with Crippen LogP contribution in [-0.4, -0.2) is 25.9 Å². The lowest BCUT2D eigenvalue weighted by Crippen LogP contribution is -2.14. The molecule has 0 fully saturated rings. The molecule has 0 aliphatic rings. The summed E-state index contributed by atoms with van der Waals surface area (Å²) in [6, 6.07) is 4.31. The molecule has 24 heavy (non-hydrogen) atoms. The van der Waals surface area contributed by atoms with Gasteiger partial charge in [0, 0.05) is 18.0 Å². The number of aromatic amines is 2. The third kappa shape index (κ3) is 3.06. The molecule has 2 aromatic heterocycles. The molecule has 2 heterocycles. The maximum atomic E-state index is 12.3. The fraction of sp³-hybridized carbons (Fsp3) is 0.0714. The van der Waals surface area contributed by atoms with Crippen LogP contribution >= 0.6 is 34.8 Å². The largest absolute Gasteiger partial charge is 0.311 e. The summed E-state index contributed by atoms with van der Waals surface area (Å²) in [6.07, 6.45) is 1.48. The van der Waals surface area contributed by atoms with Crippen molar-refractivity contribution >= 4 is 46.5 Å². The van der Waals surface area contributed by atoms with Gasteiger partial charge in [0.05, 0.1) is 27.5 Å². The molecule has 3 aromatic rings. The number of nitrogens with one attached hydrogen (secondary N) is 3. The Balaban J connectivity index is 2.12. The van der Waals surface area contributed by atoms with Crippen molar-refractivity contribution in [2.45, 2.75) is 6.92 Å². The third-order valence-corrected chi connectivity index (χ3v) is 3.95. The van der Waals surface area contributed by atoms with Gasteiger partial charge in [-0.2, -0.15) is 5.10 Å². The van der Waals surface area contributed by atoms with Crippen LogP contribution in [0.5, 0.6) is 0 Å². The summed E-state index contributed by atoms with van der Waals surface area (Å²) in [5, 5.41) is 12.8. The Kier molecular flexibility index (Phi) is 4.40. The molecule has 124 valence electrons. The van der Waals surface area contributed by atoms with E-state index in [1.54, 1.807) is 0 Å². The molecule has 0 bridgehead atoms. The van der Waals surface area contributed by atoms with Crippen molar-refractivity contribution < 1.29 is 4.79 Å². The second kappa shape index (κ2) is 6.35. The number of amides is 1. The van der Waals surface area contributed by atoms with Crippen LogP contribution in [0.3, 0.4) is 0 Å². The number of anilines is 1. The molecule has 7 nitrogen and oxygen atoms in total. The molecule has 0 unspecified atom stereocenters. The lowest BCUT2D eigenvalue weighted by atomic mass is 10.2. The third-order valence-electron chi connectivity index (χ3n) is 3.16. The van der Waals surface area contributed by atoms with Crippen molar-refractivity contribution in [2.75, 3.05) is 5.32 Å². The molecule has 0 aliphatic carbocycles. The predicted molar refractivity (Wildman–Crippen MR) is 93.3 cm³/mol. The van der Waals surface area contributed by atoms with E-state index in [1.807, 2.05) is 0 Å². The first-order chi connectivity index (χ1) is 11.4. The van der Waals surface area contributed by atoms with Crippen LogP contribution in [0.4, 0.5) is 5.82 Å². The fourth-order valence-electron chi connectivity index (χ4n) is 2.21. The molecule has 1 aromatic carbocycles. The number of benzene rings is 1. The molecule has 3 rings (SSSR count). The summed E-state index contributed by atoms with van der Waals surface area (Å²) in [5.41, 5.74) is 0.844. The number of carbonyl (C=O) groups is 1. The van der Waals surface area contributed by atoms with Crippen LogP contribution in [0, 0.1) is 0 Å². The van der Waals surface area contributed by atoms with Crippen LogP contribution in [0.25, 0.3) is 16.9 Å². The van der Waals surface area contributed by atoms with E-state index in [0.29, 0.717) is 22.1 Å². The molecule has 0 saturated carbocycles. The first-order valence-electron chi connectivity index (χ1n) is 6.65. The fourth-order valence-corrected chi connectivity index (χ4v) is 3.20. The zero-order chi connectivity index (χ0) is 17.4. The number of hydrogen-bond donors (Lipinski definition) is 3. The summed E-state index contributed by atoms with van der Waals surface area (Å²) in [7, 11) is 0. The highest BCUT2D eigenvalue weighted by molar-refractivity contribution is 6.40. The molecular weight excluding hydrogens is 377 g/mol. The van der Waals surface area contributed by atoms with Gasteiger partial charge < -0.3 is 5.32 Å². The minimum atomic E-state index is -0.383. The molecule has 0 spiro atoms. The summed E-state index contributed by atoms with van der Waals surface area (Å²) in [4.78, 5) is 23.5. The van der Waals surface area contributed by atoms with E-state index >= 15 is 0 Å². The highest BCUT2D eigenvalue weighted by Crippen LogP contribution is 2.32. The zero-order valence-electron chi connectivity index (χ0n) is 12.2. The maximum Gasteiger partial charge on any atom is 0.271 e. The molecule has 0 atom stereocenters. The maximum absolute atomic E-state index is 12.3. The standard InChI is InChI=1S/C14H10Cl3N5O2/c1-6(23)19-14-8(5-18-20-14)11-4-12(24)22(21-11)13-9(16)2-7(15)3-10(13)17/h2-5,21H,1H3,(H2,18,19,20,23). The van der Waals surface area contributed by atoms with Gasteiger partial charge in [-0.1, -0.05) is 34.8 Å². The predicted octanol–water partition coefficient (Wildman–Crippen LogP) is 3.47. The van der Waals surface area contributed by atoms with Crippen molar-refractivity contribution in [3.8, 4) is 16.9 Å². The van der Waals surface area contributed by atoms with Gasteiger partial charge >= 0.3 is 0 Å². The van der Waals surface area contributed by atoms with E-state index in [9.17, 15) is 9.59 Å². The van der Waals surface area contributed by atoms with E-state index in [4.69, 9.17) is 34.8 Å². The number of halogens is 3. The van der Waals surface area contributed by atoms with E-state index in [2.05, 4.69) is 20.6 Å². The van der Waals surface area contributed by atoms with Gasteiger partial charge in [0.2, 0.25) is 5.91 Å². The van der Waals surface area contributed by atoms with Crippen molar-refractivity contribution in [1.29, 1.82) is 0 Å². The molecule has 0 saturated heterocycles. The minimum absolute atomic E-state index is 0.220. The monoisotopic (exact) mass is 385 g/mol. The topological polar surface area (TPSA) is 95.6 Å². The van der Waals surface area contributed by atoms with Gasteiger partial charge in [-0.25, -0.2) is 4.68 Å². The second-order valence-electron chi connectivity index (χ2n) is 4.90. The Morgan fingerprint density at radius 2 is 1.88 bits per heavy atom. The summed E-state index contributed by atoms with van der Waals surface area (Å²) in [5.74, 6) is 0.0928. The number of aromatic nitrogens is 4. The SMILES string of the molecule is CC(=O)Nc1[nH]ncc1-c1cc(=O)n(-c2c(Cl)cc(Cl)cc2Cl)[nH]1. The van der Waals surface area contributed by atoms with E-state index in [-0.39, 0.29) is 27.2 Å². The molecule has 0 aliphatic heterocycles. The second-order valence-corrected chi connectivity index (χ2v) is 6.15. The molecule has 0 radical (unpaired) electrons. The van der Waals surface area contributed by atoms with Gasteiger partial charge in [0.1, 0.15) is 11.5 Å². The number of hydrogen-bond acceptors (Lipinski definition) is 3.